The number of carboxylic acids is 3. The molecule has 34 heteroatoms. The molecule has 0 radical (unpaired) electrons. The molecule has 12 fully saturated rings. The van der Waals surface area contributed by atoms with Gasteiger partial charge < -0.3 is 45.3 Å². The van der Waals surface area contributed by atoms with Gasteiger partial charge in [0.2, 0.25) is 5.91 Å². The number of halogens is 8. The number of benzene rings is 1. The van der Waals surface area contributed by atoms with Gasteiger partial charge in [0.05, 0.1) is 92.0 Å². The van der Waals surface area contributed by atoms with Gasteiger partial charge in [-0.15, -0.1) is 0 Å². The number of rotatable bonds is 21. The highest BCUT2D eigenvalue weighted by Gasteiger charge is 2.52. The lowest BCUT2D eigenvalue weighted by molar-refractivity contribution is -0.158. The molecule has 8 N–H and O–H groups in total. The molecule has 0 saturated heterocycles. The summed E-state index contributed by atoms with van der Waals surface area (Å²) in [5.41, 5.74) is 7.35. The molecule has 12 saturated carbocycles. The van der Waals surface area contributed by atoms with E-state index in [-0.39, 0.29) is 95.1 Å². The van der Waals surface area contributed by atoms with Gasteiger partial charge in [-0.25, -0.2) is 82.2 Å². The van der Waals surface area contributed by atoms with Crippen molar-refractivity contribution in [3.05, 3.63) is 201 Å². The quantitative estimate of drug-likeness (QED) is 0.0245. The molecule has 12 heterocycles. The molecule has 0 unspecified atom stereocenters. The zero-order chi connectivity index (χ0) is 89.6. The summed E-state index contributed by atoms with van der Waals surface area (Å²) in [5.74, 6) is -3.04. The third kappa shape index (κ3) is 18.5. The summed E-state index contributed by atoms with van der Waals surface area (Å²) in [5, 5.41) is 37.2. The fourth-order valence-corrected chi connectivity index (χ4v) is 23.5. The Kier molecular flexibility index (Phi) is 25.9. The molecular formula is C95H93Cl4F4N17O9. The van der Waals surface area contributed by atoms with Gasteiger partial charge in [-0.2, -0.15) is 0 Å². The van der Waals surface area contributed by atoms with Crippen LogP contribution in [0.3, 0.4) is 0 Å². The maximum atomic E-state index is 15.1. The van der Waals surface area contributed by atoms with Crippen molar-refractivity contribution in [3.63, 3.8) is 0 Å². The molecule has 9 atom stereocenters. The topological polar surface area (TPSA) is 385 Å². The van der Waals surface area contributed by atoms with Crippen molar-refractivity contribution in [1.82, 2.24) is 85.1 Å². The molecule has 26 nitrogen and oxygen atoms in total. The van der Waals surface area contributed by atoms with Crippen LogP contribution in [-0.4, -0.2) is 137 Å². The van der Waals surface area contributed by atoms with Crippen LogP contribution in [0.25, 0.3) is 89.7 Å². The number of hydrogen-bond donors (Lipinski definition) is 8. The second-order valence-electron chi connectivity index (χ2n) is 35.8. The van der Waals surface area contributed by atoms with Crippen molar-refractivity contribution in [1.29, 1.82) is 0 Å². The van der Waals surface area contributed by atoms with Gasteiger partial charge in [0.15, 0.2) is 46.6 Å². The van der Waals surface area contributed by atoms with Crippen LogP contribution in [0.5, 0.6) is 0 Å². The number of H-pyrrole nitrogens is 4. The van der Waals surface area contributed by atoms with Crippen LogP contribution in [0.4, 0.5) is 17.6 Å². The van der Waals surface area contributed by atoms with E-state index in [2.05, 4.69) is 85.1 Å². The van der Waals surface area contributed by atoms with Crippen molar-refractivity contribution in [2.45, 2.75) is 148 Å². The smallest absolute Gasteiger partial charge is 0.326 e. The molecule has 1 aromatic carbocycles. The largest absolute Gasteiger partial charge is 0.481 e. The van der Waals surface area contributed by atoms with Gasteiger partial charge in [-0.05, 0) is 236 Å². The number of nitrogens with zero attached hydrogens (tertiary/aromatic N) is 12. The van der Waals surface area contributed by atoms with E-state index in [9.17, 15) is 52.5 Å². The fourth-order valence-electron chi connectivity index (χ4n) is 22.8. The lowest BCUT2D eigenvalue weighted by atomic mass is 9.57. The fraction of sp³-hybridized carbons (Fsp3) is 0.421. The number of aromatic amines is 4. The molecule has 0 aliphatic heterocycles. The van der Waals surface area contributed by atoms with Crippen LogP contribution >= 0.6 is 46.4 Å². The third-order valence-corrected chi connectivity index (χ3v) is 29.7. The highest BCUT2D eigenvalue weighted by molar-refractivity contribution is 6.32. The number of pyridine rings is 4. The third-order valence-electron chi connectivity index (χ3n) is 28.8. The lowest BCUT2D eigenvalue weighted by Gasteiger charge is -2.48. The summed E-state index contributed by atoms with van der Waals surface area (Å²) in [6.07, 6.45) is 35.3. The number of carbonyl (C=O) groups is 5. The Hall–Kier alpha value is -11.5. The van der Waals surface area contributed by atoms with Crippen molar-refractivity contribution in [3.8, 4) is 45.6 Å². The first-order valence-electron chi connectivity index (χ1n) is 44.2. The van der Waals surface area contributed by atoms with E-state index in [4.69, 9.17) is 51.1 Å². The molecule has 12 aromatic heterocycles. The van der Waals surface area contributed by atoms with Gasteiger partial charge in [0, 0.05) is 106 Å². The first kappa shape index (κ1) is 88.2. The van der Waals surface area contributed by atoms with Gasteiger partial charge >= 0.3 is 23.9 Å². The number of aromatic nitrogens is 16. The maximum absolute atomic E-state index is 15.1. The average Bonchev–Trinajstić information content (AvgIpc) is 1.77. The van der Waals surface area contributed by atoms with E-state index in [1.54, 1.807) is 73.8 Å². The molecule has 13 aromatic rings. The summed E-state index contributed by atoms with van der Waals surface area (Å²) < 4.78 is 64.5. The second-order valence-corrected chi connectivity index (χ2v) is 37.5. The minimum absolute atomic E-state index is 0.0443. The molecule has 0 spiro atoms. The number of hydrogen-bond acceptors (Lipinski definition) is 18. The minimum atomic E-state index is -1.07. The predicted octanol–water partition coefficient (Wildman–Crippen LogP) is 19.2. The number of esters is 1. The van der Waals surface area contributed by atoms with Crippen LogP contribution in [0.2, 0.25) is 20.1 Å². The second kappa shape index (κ2) is 37.9. The zero-order valence-corrected chi connectivity index (χ0v) is 73.2. The molecule has 668 valence electrons. The number of amides is 1. The van der Waals surface area contributed by atoms with Gasteiger partial charge in [-0.3, -0.25) is 19.2 Å². The van der Waals surface area contributed by atoms with Gasteiger partial charge in [0.1, 0.15) is 28.6 Å². The number of carboxylic acid groups (broad SMARTS) is 3. The molecule has 25 rings (SSSR count). The Morgan fingerprint density at radius 2 is 0.674 bits per heavy atom. The van der Waals surface area contributed by atoms with E-state index in [0.717, 1.165) is 135 Å². The Labute approximate surface area is 757 Å². The Morgan fingerprint density at radius 3 is 0.969 bits per heavy atom. The standard InChI is InChI=1S/C30H29ClFN5O3.C23H24ClFN4O2.2C21H20ClFN4O2/c31-19-11-21-22(14-34-27(21)33-13-19)28-35-15-23(32)24(36-28)12-20-17-6-8-18(9-7-17)26(20)29(38)37-25(30(39)40)10-16-4-2-1-3-5-16;1-2-31-23(30)20-13-5-3-12(4-6-13)15(20)8-19-18(25)11-28-22(29-19)17-10-27-21-16(17)7-14(24)9-26-21;2*22-12-5-14-15(8-25-19(14)24-7-12)20-26-9-16(23)17(27-20)6-13-10-1-3-11(4-2-10)18(13)21(28)29/h1-5,11,13-15,17-18,20,25-26H,6-10,12H2,(H,33,34)(H,37,38)(H,39,40);7,9-13,15,20H,2-6,8H2,1H3,(H,26,27);2*5,7-11,13,18H,1-4,6H2,(H,24,25)(H,28,29)/t17?,18?,20-,25-,26-;12?,13?,15-,20-;2*10?,11?,13-,18-/m0010/s1. The molecule has 1 amide bonds. The van der Waals surface area contributed by atoms with E-state index in [0.29, 0.717) is 138 Å². The van der Waals surface area contributed by atoms with Crippen LogP contribution in [0, 0.1) is 118 Å². The molecule has 129 heavy (non-hydrogen) atoms. The van der Waals surface area contributed by atoms with Crippen molar-refractivity contribution < 1.29 is 61.6 Å². The van der Waals surface area contributed by atoms with Crippen LogP contribution in [0.15, 0.2) is 129 Å². The maximum Gasteiger partial charge on any atom is 0.326 e. The van der Waals surface area contributed by atoms with Crippen LogP contribution in [0.1, 0.15) is 138 Å². The monoisotopic (exact) mass is 1830 g/mol. The predicted molar refractivity (Wildman–Crippen MR) is 474 cm³/mol. The van der Waals surface area contributed by atoms with Crippen molar-refractivity contribution >= 4 is 120 Å². The van der Waals surface area contributed by atoms with Crippen molar-refractivity contribution in [2.24, 2.45) is 94.7 Å². The number of ether oxygens (including phenoxy) is 1. The molecule has 12 aliphatic rings. The van der Waals surface area contributed by atoms with Crippen LogP contribution < -0.4 is 5.32 Å². The first-order valence-corrected chi connectivity index (χ1v) is 45.7. The Morgan fingerprint density at radius 1 is 0.395 bits per heavy atom. The van der Waals surface area contributed by atoms with Crippen molar-refractivity contribution in [2.75, 3.05) is 6.61 Å². The average molecular weight is 1830 g/mol. The van der Waals surface area contributed by atoms with Crippen LogP contribution in [-0.2, 0) is 60.8 Å². The summed E-state index contributed by atoms with van der Waals surface area (Å²) in [6, 6.07) is 15.3. The highest BCUT2D eigenvalue weighted by atomic mass is 35.5. The normalized spacial score (nSPS) is 24.8. The van der Waals surface area contributed by atoms with E-state index < -0.39 is 65.0 Å². The number of aliphatic carboxylic acids is 3. The highest BCUT2D eigenvalue weighted by Crippen LogP contribution is 2.55. The number of fused-ring (bicyclic) bond motifs is 16. The summed E-state index contributed by atoms with van der Waals surface area (Å²) in [7, 11) is 0. The first-order chi connectivity index (χ1) is 62.4. The Balaban J connectivity index is 0.000000117. The molecular weight excluding hydrogens is 1740 g/mol. The molecule has 12 aliphatic carbocycles. The van der Waals surface area contributed by atoms with Gasteiger partial charge in [-0.1, -0.05) is 76.7 Å². The zero-order valence-electron chi connectivity index (χ0n) is 70.2. The number of carbonyl (C=O) groups excluding carboxylic acids is 2. The van der Waals surface area contributed by atoms with E-state index in [1.807, 2.05) is 37.3 Å². The lowest BCUT2D eigenvalue weighted by Crippen LogP contribution is -2.52. The summed E-state index contributed by atoms with van der Waals surface area (Å²) in [4.78, 5) is 127. The van der Waals surface area contributed by atoms with E-state index >= 15 is 4.39 Å². The summed E-state index contributed by atoms with van der Waals surface area (Å²) >= 11 is 24.4. The SMILES string of the molecule is CCOC(=O)[C@H]1C2CCC(CC2)[C@@H]1Cc1nc(-c2c[nH]c3ncc(Cl)cc23)ncc1F.O=C(O)[C@@H]1C2CCC(CC2)[C@H]1Cc1nc(-c2c[nH]c3ncc(Cl)cc23)ncc1F.O=C(O)[C@H](Cc1ccccc1)NC(=O)[C@H]1C2CCC(CC2)[C@@H]1Cc1nc(-c2c[nH]c3ncc(Cl)cc23)ncc1F.O=C(O)[C@H]1C2CCC(CC2)[C@@H]1Cc1nc(-c2c[nH]c3ncc(Cl)cc23)ncc1F. The molecule has 8 bridgehead atoms. The van der Waals surface area contributed by atoms with Gasteiger partial charge in [0.25, 0.3) is 0 Å². The van der Waals surface area contributed by atoms with E-state index in [1.165, 1.54) is 24.8 Å². The number of nitrogens with one attached hydrogen (secondary N) is 5. The summed E-state index contributed by atoms with van der Waals surface area (Å²) in [6.45, 7) is 2.19. The Bertz CT molecular complexity index is 6200. The minimum Gasteiger partial charge on any atom is -0.481 e.